The van der Waals surface area contributed by atoms with Crippen molar-refractivity contribution in [1.29, 1.82) is 0 Å². The summed E-state index contributed by atoms with van der Waals surface area (Å²) in [4.78, 5) is 21.1. The average molecular weight is 342 g/mol. The standard InChI is InChI=1S/C16H23N3OS.ClH/c1-12(2)19-14(17-16(3,4)5)21-11-18(15(19)20)13-9-7-6-8-10-13;/h6-10,12H,11H2,1-5H3;1H. The van der Waals surface area contributed by atoms with Gasteiger partial charge in [0.15, 0.2) is 5.17 Å². The molecular weight excluding hydrogens is 318 g/mol. The highest BCUT2D eigenvalue weighted by atomic mass is 35.5. The second kappa shape index (κ2) is 7.38. The minimum Gasteiger partial charge on any atom is -0.284 e. The number of urea groups is 1. The highest BCUT2D eigenvalue weighted by Crippen LogP contribution is 2.29. The average Bonchev–Trinajstić information content (AvgIpc) is 2.37. The Morgan fingerprint density at radius 1 is 1.18 bits per heavy atom. The summed E-state index contributed by atoms with van der Waals surface area (Å²) in [6.45, 7) is 10.2. The van der Waals surface area contributed by atoms with E-state index in [1.54, 1.807) is 21.6 Å². The van der Waals surface area contributed by atoms with Gasteiger partial charge in [-0.2, -0.15) is 0 Å². The highest BCUT2D eigenvalue weighted by Gasteiger charge is 2.34. The molecule has 1 heterocycles. The first-order chi connectivity index (χ1) is 9.79. The van der Waals surface area contributed by atoms with Crippen LogP contribution in [0.3, 0.4) is 0 Å². The summed E-state index contributed by atoms with van der Waals surface area (Å²) in [5.74, 6) is 0.598. The largest absolute Gasteiger partial charge is 0.331 e. The molecule has 0 atom stereocenters. The fourth-order valence-corrected chi connectivity index (χ4v) is 3.34. The topological polar surface area (TPSA) is 35.9 Å². The Hall–Kier alpha value is -1.20. The summed E-state index contributed by atoms with van der Waals surface area (Å²) in [6, 6.07) is 9.86. The Morgan fingerprint density at radius 3 is 2.27 bits per heavy atom. The zero-order valence-corrected chi connectivity index (χ0v) is 15.4. The van der Waals surface area contributed by atoms with Crippen LogP contribution in [0.15, 0.2) is 35.3 Å². The Morgan fingerprint density at radius 2 is 1.77 bits per heavy atom. The molecule has 0 aliphatic carbocycles. The number of aliphatic imine (C=N–C) groups is 1. The zero-order valence-electron chi connectivity index (χ0n) is 13.7. The number of carbonyl (C=O) groups excluding carboxylic acids is 1. The van der Waals surface area contributed by atoms with Gasteiger partial charge >= 0.3 is 6.03 Å². The number of hydrogen-bond acceptors (Lipinski definition) is 3. The third-order valence-electron chi connectivity index (χ3n) is 2.98. The molecule has 0 N–H and O–H groups in total. The van der Waals surface area contributed by atoms with E-state index < -0.39 is 0 Å². The van der Waals surface area contributed by atoms with Gasteiger partial charge in [0, 0.05) is 11.7 Å². The number of thioether (sulfide) groups is 1. The molecule has 0 radical (unpaired) electrons. The number of rotatable bonds is 2. The molecule has 6 heteroatoms. The van der Waals surface area contributed by atoms with E-state index in [-0.39, 0.29) is 30.0 Å². The Labute approximate surface area is 143 Å². The van der Waals surface area contributed by atoms with Crippen molar-refractivity contribution < 1.29 is 4.79 Å². The second-order valence-electron chi connectivity index (χ2n) is 6.35. The van der Waals surface area contributed by atoms with Crippen molar-refractivity contribution in [3.8, 4) is 0 Å². The summed E-state index contributed by atoms with van der Waals surface area (Å²) in [5, 5.41) is 0.815. The minimum absolute atomic E-state index is 0. The van der Waals surface area contributed by atoms with E-state index in [1.807, 2.05) is 65.0 Å². The highest BCUT2D eigenvalue weighted by molar-refractivity contribution is 8.14. The SMILES string of the molecule is CC(C)N1C(=O)N(c2ccccc2)CSC1=NC(C)(C)C.Cl. The first-order valence-electron chi connectivity index (χ1n) is 7.18. The van der Waals surface area contributed by atoms with Crippen molar-refractivity contribution in [2.24, 2.45) is 4.99 Å². The maximum atomic E-state index is 12.8. The smallest absolute Gasteiger partial charge is 0.284 e. The number of halogens is 1. The van der Waals surface area contributed by atoms with Gasteiger partial charge in [0.1, 0.15) is 0 Å². The third kappa shape index (κ3) is 4.40. The molecular formula is C16H24ClN3OS. The molecule has 0 saturated carbocycles. The number of amides is 2. The van der Waals surface area contributed by atoms with Crippen LogP contribution in [0.25, 0.3) is 0 Å². The van der Waals surface area contributed by atoms with Crippen molar-refractivity contribution in [3.05, 3.63) is 30.3 Å². The lowest BCUT2D eigenvalue weighted by Gasteiger charge is -2.38. The maximum absolute atomic E-state index is 12.8. The first kappa shape index (κ1) is 18.8. The van der Waals surface area contributed by atoms with Crippen LogP contribution in [-0.2, 0) is 0 Å². The number of para-hydroxylation sites is 1. The number of carbonyl (C=O) groups is 1. The molecule has 22 heavy (non-hydrogen) atoms. The number of amidine groups is 1. The van der Waals surface area contributed by atoms with Crippen LogP contribution >= 0.6 is 24.2 Å². The van der Waals surface area contributed by atoms with E-state index in [0.29, 0.717) is 5.88 Å². The maximum Gasteiger partial charge on any atom is 0.331 e. The van der Waals surface area contributed by atoms with Gasteiger partial charge in [-0.15, -0.1) is 12.4 Å². The molecule has 4 nitrogen and oxygen atoms in total. The van der Waals surface area contributed by atoms with Gasteiger partial charge in [-0.1, -0.05) is 30.0 Å². The normalized spacial score (nSPS) is 17.9. The van der Waals surface area contributed by atoms with E-state index in [9.17, 15) is 4.79 Å². The molecule has 1 aromatic rings. The van der Waals surface area contributed by atoms with Crippen LogP contribution in [-0.4, -0.2) is 33.6 Å². The predicted molar refractivity (Wildman–Crippen MR) is 98.2 cm³/mol. The molecule has 0 bridgehead atoms. The van der Waals surface area contributed by atoms with E-state index >= 15 is 0 Å². The van der Waals surface area contributed by atoms with E-state index in [4.69, 9.17) is 4.99 Å². The number of hydrogen-bond donors (Lipinski definition) is 0. The number of anilines is 1. The van der Waals surface area contributed by atoms with Crippen molar-refractivity contribution in [3.63, 3.8) is 0 Å². The molecule has 2 amide bonds. The molecule has 1 aliphatic rings. The van der Waals surface area contributed by atoms with E-state index in [2.05, 4.69) is 0 Å². The van der Waals surface area contributed by atoms with Gasteiger partial charge < -0.3 is 0 Å². The van der Waals surface area contributed by atoms with Gasteiger partial charge in [0.2, 0.25) is 0 Å². The van der Waals surface area contributed by atoms with E-state index in [0.717, 1.165) is 10.9 Å². The predicted octanol–water partition coefficient (Wildman–Crippen LogP) is 4.60. The molecule has 122 valence electrons. The quantitative estimate of drug-likeness (QED) is 0.787. The fourth-order valence-electron chi connectivity index (χ4n) is 2.07. The first-order valence-corrected chi connectivity index (χ1v) is 8.16. The van der Waals surface area contributed by atoms with E-state index in [1.165, 1.54) is 0 Å². The summed E-state index contributed by atoms with van der Waals surface area (Å²) < 4.78 is 0. The number of nitrogens with zero attached hydrogens (tertiary/aromatic N) is 3. The molecule has 2 rings (SSSR count). The summed E-state index contributed by atoms with van der Waals surface area (Å²) in [6.07, 6.45) is 0. The zero-order chi connectivity index (χ0) is 15.6. The van der Waals surface area contributed by atoms with Crippen molar-refractivity contribution in [1.82, 2.24) is 4.90 Å². The lowest BCUT2D eigenvalue weighted by atomic mass is 10.1. The molecule has 0 spiro atoms. The van der Waals surface area contributed by atoms with Crippen LogP contribution in [0.1, 0.15) is 34.6 Å². The van der Waals surface area contributed by atoms with Crippen molar-refractivity contribution >= 4 is 41.1 Å². The van der Waals surface area contributed by atoms with Crippen molar-refractivity contribution in [2.45, 2.75) is 46.2 Å². The Balaban J connectivity index is 0.00000242. The molecule has 1 aliphatic heterocycles. The Bertz CT molecular complexity index is 540. The lowest BCUT2D eigenvalue weighted by Crippen LogP contribution is -2.53. The number of benzene rings is 1. The monoisotopic (exact) mass is 341 g/mol. The molecule has 1 aromatic carbocycles. The summed E-state index contributed by atoms with van der Waals surface area (Å²) in [5.41, 5.74) is 0.737. The minimum atomic E-state index is -0.190. The van der Waals surface area contributed by atoms with Gasteiger partial charge in [0.05, 0.1) is 11.4 Å². The van der Waals surface area contributed by atoms with Gasteiger partial charge in [-0.25, -0.2) is 4.79 Å². The van der Waals surface area contributed by atoms with Gasteiger partial charge in [-0.05, 0) is 46.8 Å². The Kier molecular flexibility index (Phi) is 6.32. The second-order valence-corrected chi connectivity index (χ2v) is 7.26. The molecule has 1 fully saturated rings. The van der Waals surface area contributed by atoms with Crippen molar-refractivity contribution in [2.75, 3.05) is 10.8 Å². The fraction of sp³-hybridized carbons (Fsp3) is 0.500. The third-order valence-corrected chi connectivity index (χ3v) is 3.91. The summed E-state index contributed by atoms with van der Waals surface area (Å²) >= 11 is 1.61. The van der Waals surface area contributed by atoms with Crippen LogP contribution < -0.4 is 4.90 Å². The van der Waals surface area contributed by atoms with Crippen LogP contribution in [0.2, 0.25) is 0 Å². The summed E-state index contributed by atoms with van der Waals surface area (Å²) in [7, 11) is 0. The molecule has 0 unspecified atom stereocenters. The van der Waals surface area contributed by atoms with Gasteiger partial charge in [0.25, 0.3) is 0 Å². The van der Waals surface area contributed by atoms with Crippen LogP contribution in [0, 0.1) is 0 Å². The van der Waals surface area contributed by atoms with Crippen LogP contribution in [0.4, 0.5) is 10.5 Å². The van der Waals surface area contributed by atoms with Crippen LogP contribution in [0.5, 0.6) is 0 Å². The van der Waals surface area contributed by atoms with Gasteiger partial charge in [-0.3, -0.25) is 14.8 Å². The molecule has 0 aromatic heterocycles. The lowest BCUT2D eigenvalue weighted by molar-refractivity contribution is 0.220. The molecule has 1 saturated heterocycles.